The lowest BCUT2D eigenvalue weighted by Crippen LogP contribution is -2.33. The van der Waals surface area contributed by atoms with Crippen LogP contribution < -0.4 is 0 Å². The average Bonchev–Trinajstić information content (AvgIpc) is 3.00. The van der Waals surface area contributed by atoms with Gasteiger partial charge in [0, 0.05) is 0 Å². The molecule has 0 aliphatic carbocycles. The van der Waals surface area contributed by atoms with Crippen LogP contribution in [0, 0.1) is 0 Å². The van der Waals surface area contributed by atoms with Gasteiger partial charge in [-0.1, -0.05) is 97.1 Å². The molecule has 0 amide bonds. The second-order valence-corrected chi connectivity index (χ2v) is 11.6. The molecule has 218 valence electrons. The third kappa shape index (κ3) is 9.13. The smallest absolute Gasteiger partial charge is 0.292 e. The third-order valence-electron chi connectivity index (χ3n) is 6.96. The molecule has 0 bridgehead atoms. The Bertz CT molecular complexity index is 1350. The Morgan fingerprint density at radius 2 is 0.833 bits per heavy atom. The molecular weight excluding hydrogens is 528 g/mol. The Balaban J connectivity index is 1.28. The average molecular weight is 567 g/mol. The molecular formula is C36H38O6. The molecule has 0 aliphatic rings. The van der Waals surface area contributed by atoms with Crippen LogP contribution in [0.2, 0.25) is 0 Å². The SMILES string of the molecule is CC(C)(CCC(C)(C)OOC(=O)c1ccccc1Cc1ccccc1)OOC(=O)c1ccccc1Cc1ccccc1. The zero-order valence-electron chi connectivity index (χ0n) is 24.7. The molecule has 0 heterocycles. The largest absolute Gasteiger partial charge is 0.373 e. The second-order valence-electron chi connectivity index (χ2n) is 11.6. The van der Waals surface area contributed by atoms with E-state index in [0.717, 1.165) is 22.3 Å². The molecule has 0 aliphatic heterocycles. The van der Waals surface area contributed by atoms with E-state index in [1.807, 2.05) is 113 Å². The number of rotatable bonds is 13. The van der Waals surface area contributed by atoms with Gasteiger partial charge in [-0.25, -0.2) is 9.59 Å². The Morgan fingerprint density at radius 3 is 1.21 bits per heavy atom. The van der Waals surface area contributed by atoms with Crippen molar-refractivity contribution < 1.29 is 29.1 Å². The molecule has 0 aromatic heterocycles. The minimum absolute atomic E-state index is 0.459. The Hall–Kier alpha value is -4.26. The maximum atomic E-state index is 12.9. The number of hydrogen-bond donors (Lipinski definition) is 0. The molecule has 4 aromatic rings. The normalized spacial score (nSPS) is 11.6. The van der Waals surface area contributed by atoms with Crippen molar-refractivity contribution in [1.82, 2.24) is 0 Å². The molecule has 4 rings (SSSR count). The Labute approximate surface area is 248 Å². The summed E-state index contributed by atoms with van der Waals surface area (Å²) in [5, 5.41) is 0. The van der Waals surface area contributed by atoms with E-state index in [-0.39, 0.29) is 0 Å². The lowest BCUT2D eigenvalue weighted by molar-refractivity contribution is -0.325. The summed E-state index contributed by atoms with van der Waals surface area (Å²) >= 11 is 0. The summed E-state index contributed by atoms with van der Waals surface area (Å²) in [6.07, 6.45) is 2.16. The van der Waals surface area contributed by atoms with Crippen LogP contribution in [0.15, 0.2) is 109 Å². The molecule has 4 aromatic carbocycles. The molecule has 0 saturated heterocycles. The summed E-state index contributed by atoms with van der Waals surface area (Å²) < 4.78 is 0. The molecule has 0 saturated carbocycles. The van der Waals surface area contributed by atoms with E-state index < -0.39 is 23.1 Å². The molecule has 0 N–H and O–H groups in total. The van der Waals surface area contributed by atoms with Gasteiger partial charge in [-0.15, -0.1) is 0 Å². The Morgan fingerprint density at radius 1 is 0.500 bits per heavy atom. The molecule has 0 fully saturated rings. The zero-order valence-corrected chi connectivity index (χ0v) is 24.7. The van der Waals surface area contributed by atoms with E-state index in [2.05, 4.69) is 0 Å². The molecule has 6 heteroatoms. The summed E-state index contributed by atoms with van der Waals surface area (Å²) in [4.78, 5) is 47.6. The van der Waals surface area contributed by atoms with Crippen LogP contribution in [0.25, 0.3) is 0 Å². The maximum Gasteiger partial charge on any atom is 0.373 e. The highest BCUT2D eigenvalue weighted by Gasteiger charge is 2.30. The monoisotopic (exact) mass is 566 g/mol. The van der Waals surface area contributed by atoms with Gasteiger partial charge in [-0.05, 0) is 87.8 Å². The summed E-state index contributed by atoms with van der Waals surface area (Å²) in [6.45, 7) is 7.33. The molecule has 0 atom stereocenters. The van der Waals surface area contributed by atoms with Crippen molar-refractivity contribution in [1.29, 1.82) is 0 Å². The van der Waals surface area contributed by atoms with Gasteiger partial charge in [0.05, 0.1) is 11.1 Å². The van der Waals surface area contributed by atoms with Gasteiger partial charge in [0.1, 0.15) is 11.2 Å². The number of benzene rings is 4. The highest BCUT2D eigenvalue weighted by molar-refractivity contribution is 5.91. The lowest BCUT2D eigenvalue weighted by Gasteiger charge is -2.28. The van der Waals surface area contributed by atoms with Crippen LogP contribution in [0.3, 0.4) is 0 Å². The van der Waals surface area contributed by atoms with Crippen LogP contribution in [0.4, 0.5) is 0 Å². The van der Waals surface area contributed by atoms with E-state index in [4.69, 9.17) is 19.6 Å². The van der Waals surface area contributed by atoms with Gasteiger partial charge in [-0.2, -0.15) is 9.78 Å². The van der Waals surface area contributed by atoms with E-state index >= 15 is 0 Å². The van der Waals surface area contributed by atoms with Crippen LogP contribution in [-0.2, 0) is 32.4 Å². The Kier molecular flexibility index (Phi) is 10.3. The molecule has 6 nitrogen and oxygen atoms in total. The van der Waals surface area contributed by atoms with Gasteiger partial charge in [0.25, 0.3) is 0 Å². The van der Waals surface area contributed by atoms with Crippen LogP contribution >= 0.6 is 0 Å². The van der Waals surface area contributed by atoms with E-state index in [1.165, 1.54) is 0 Å². The summed E-state index contributed by atoms with van der Waals surface area (Å²) in [6, 6.07) is 34.6. The first-order valence-electron chi connectivity index (χ1n) is 14.2. The van der Waals surface area contributed by atoms with E-state index in [1.54, 1.807) is 24.3 Å². The van der Waals surface area contributed by atoms with E-state index in [9.17, 15) is 9.59 Å². The molecule has 0 spiro atoms. The minimum atomic E-state index is -0.809. The van der Waals surface area contributed by atoms with Crippen molar-refractivity contribution in [3.63, 3.8) is 0 Å². The minimum Gasteiger partial charge on any atom is -0.292 e. The van der Waals surface area contributed by atoms with Gasteiger partial charge >= 0.3 is 11.9 Å². The number of carbonyl (C=O) groups excluding carboxylic acids is 2. The molecule has 0 unspecified atom stereocenters. The second kappa shape index (κ2) is 14.1. The summed E-state index contributed by atoms with van der Waals surface area (Å²) in [7, 11) is 0. The standard InChI is InChI=1S/C36H38O6/c1-35(2,41-39-33(37)31-21-13-11-19-29(31)25-27-15-7-5-8-16-27)23-24-36(3,4)42-40-34(38)32-22-14-12-20-30(32)26-28-17-9-6-10-18-28/h5-22H,23-26H2,1-4H3. The van der Waals surface area contributed by atoms with Crippen molar-refractivity contribution >= 4 is 11.9 Å². The number of hydrogen-bond acceptors (Lipinski definition) is 6. The molecule has 0 radical (unpaired) electrons. The fraction of sp³-hybridized carbons (Fsp3) is 0.278. The van der Waals surface area contributed by atoms with Crippen molar-refractivity contribution in [3.05, 3.63) is 143 Å². The highest BCUT2D eigenvalue weighted by Crippen LogP contribution is 2.27. The fourth-order valence-corrected chi connectivity index (χ4v) is 4.46. The quantitative estimate of drug-likeness (QED) is 0.120. The first kappa shape index (κ1) is 30.7. The zero-order chi connectivity index (χ0) is 30.0. The predicted octanol–water partition coefficient (Wildman–Crippen LogP) is 8.08. The van der Waals surface area contributed by atoms with Crippen LogP contribution in [0.1, 0.15) is 83.5 Å². The highest BCUT2D eigenvalue weighted by atomic mass is 17.2. The number of carbonyl (C=O) groups is 2. The first-order valence-corrected chi connectivity index (χ1v) is 14.2. The van der Waals surface area contributed by atoms with Gasteiger partial charge in [0.15, 0.2) is 0 Å². The fourth-order valence-electron chi connectivity index (χ4n) is 4.46. The van der Waals surface area contributed by atoms with Crippen molar-refractivity contribution in [2.45, 2.75) is 64.6 Å². The van der Waals surface area contributed by atoms with Gasteiger partial charge < -0.3 is 0 Å². The lowest BCUT2D eigenvalue weighted by atomic mass is 9.94. The summed E-state index contributed by atoms with van der Waals surface area (Å²) in [5.41, 5.74) is 3.21. The van der Waals surface area contributed by atoms with Crippen molar-refractivity contribution in [2.24, 2.45) is 0 Å². The first-order chi connectivity index (χ1) is 20.1. The van der Waals surface area contributed by atoms with E-state index in [0.29, 0.717) is 36.8 Å². The summed E-state index contributed by atoms with van der Waals surface area (Å²) in [5.74, 6) is -1.10. The van der Waals surface area contributed by atoms with Crippen LogP contribution in [0.5, 0.6) is 0 Å². The van der Waals surface area contributed by atoms with Crippen molar-refractivity contribution in [3.8, 4) is 0 Å². The van der Waals surface area contributed by atoms with Gasteiger partial charge in [0.2, 0.25) is 0 Å². The van der Waals surface area contributed by atoms with Gasteiger partial charge in [-0.3, -0.25) is 9.78 Å². The van der Waals surface area contributed by atoms with Crippen molar-refractivity contribution in [2.75, 3.05) is 0 Å². The maximum absolute atomic E-state index is 12.9. The third-order valence-corrected chi connectivity index (χ3v) is 6.96. The predicted molar refractivity (Wildman–Crippen MR) is 162 cm³/mol. The van der Waals surface area contributed by atoms with Crippen LogP contribution in [-0.4, -0.2) is 23.1 Å². The molecule has 42 heavy (non-hydrogen) atoms. The topological polar surface area (TPSA) is 71.1 Å².